The van der Waals surface area contributed by atoms with Crippen LogP contribution in [0, 0.1) is 0 Å². The van der Waals surface area contributed by atoms with Crippen LogP contribution in [0.25, 0.3) is 0 Å². The van der Waals surface area contributed by atoms with Gasteiger partial charge in [0.1, 0.15) is 0 Å². The molecule has 4 nitrogen and oxygen atoms in total. The van der Waals surface area contributed by atoms with Crippen molar-refractivity contribution in [3.8, 4) is 0 Å². The van der Waals surface area contributed by atoms with Crippen molar-refractivity contribution < 1.29 is 9.90 Å². The number of hydrogen-bond acceptors (Lipinski definition) is 3. The van der Waals surface area contributed by atoms with Crippen molar-refractivity contribution >= 4 is 17.8 Å². The zero-order chi connectivity index (χ0) is 12.5. The van der Waals surface area contributed by atoms with Crippen LogP contribution in [0.2, 0.25) is 0 Å². The number of carbonyl (C=O) groups excluding carboxylic acids is 1. The van der Waals surface area contributed by atoms with Gasteiger partial charge >= 0.3 is 6.03 Å². The smallest absolute Gasteiger partial charge is 0.315 e. The largest absolute Gasteiger partial charge is 0.391 e. The van der Waals surface area contributed by atoms with Crippen LogP contribution in [0.3, 0.4) is 0 Å². The topological polar surface area (TPSA) is 61.4 Å². The minimum Gasteiger partial charge on any atom is -0.391 e. The third kappa shape index (κ3) is 6.17. The van der Waals surface area contributed by atoms with Gasteiger partial charge < -0.3 is 15.7 Å². The van der Waals surface area contributed by atoms with Crippen LogP contribution < -0.4 is 10.6 Å². The Hall–Kier alpha value is -0.420. The van der Waals surface area contributed by atoms with Crippen molar-refractivity contribution in [2.45, 2.75) is 50.7 Å². The van der Waals surface area contributed by atoms with E-state index < -0.39 is 0 Å². The van der Waals surface area contributed by atoms with E-state index in [0.717, 1.165) is 50.8 Å². The molecule has 0 heterocycles. The molecule has 0 saturated heterocycles. The fraction of sp³-hybridized carbons (Fsp3) is 0.917. The van der Waals surface area contributed by atoms with Crippen molar-refractivity contribution in [1.82, 2.24) is 10.6 Å². The highest BCUT2D eigenvalue weighted by molar-refractivity contribution is 7.98. The van der Waals surface area contributed by atoms with E-state index in [1.807, 2.05) is 11.8 Å². The summed E-state index contributed by atoms with van der Waals surface area (Å²) in [5.74, 6) is 1.14. The Morgan fingerprint density at radius 1 is 1.35 bits per heavy atom. The van der Waals surface area contributed by atoms with Gasteiger partial charge in [-0.05, 0) is 37.7 Å². The van der Waals surface area contributed by atoms with Crippen LogP contribution in [-0.4, -0.2) is 41.8 Å². The molecule has 0 aromatic carbocycles. The van der Waals surface area contributed by atoms with Gasteiger partial charge in [0, 0.05) is 6.54 Å². The van der Waals surface area contributed by atoms with Crippen LogP contribution in [0.15, 0.2) is 0 Å². The van der Waals surface area contributed by atoms with Gasteiger partial charge in [-0.3, -0.25) is 0 Å². The molecule has 0 aromatic rings. The highest BCUT2D eigenvalue weighted by Gasteiger charge is 2.24. The molecule has 2 unspecified atom stereocenters. The molecule has 0 bridgehead atoms. The van der Waals surface area contributed by atoms with Crippen LogP contribution in [-0.2, 0) is 0 Å². The Morgan fingerprint density at radius 2 is 2.12 bits per heavy atom. The molecule has 1 fully saturated rings. The number of aliphatic hydroxyl groups excluding tert-OH is 1. The zero-order valence-electron chi connectivity index (χ0n) is 10.6. The van der Waals surface area contributed by atoms with Gasteiger partial charge in [0.25, 0.3) is 0 Å². The first-order valence-corrected chi connectivity index (χ1v) is 7.85. The molecule has 0 spiro atoms. The van der Waals surface area contributed by atoms with E-state index in [4.69, 9.17) is 0 Å². The third-order valence-corrected chi connectivity index (χ3v) is 3.80. The van der Waals surface area contributed by atoms with E-state index in [9.17, 15) is 9.90 Å². The monoisotopic (exact) mass is 260 g/mol. The summed E-state index contributed by atoms with van der Waals surface area (Å²) in [6, 6.07) is -0.199. The predicted octanol–water partition coefficient (Wildman–Crippen LogP) is 1.73. The number of carbonyl (C=O) groups is 1. The first-order chi connectivity index (χ1) is 8.24. The van der Waals surface area contributed by atoms with E-state index in [-0.39, 0.29) is 18.2 Å². The second kappa shape index (κ2) is 8.64. The summed E-state index contributed by atoms with van der Waals surface area (Å²) >= 11 is 1.83. The van der Waals surface area contributed by atoms with Crippen LogP contribution in [0.4, 0.5) is 4.79 Å². The van der Waals surface area contributed by atoms with Crippen molar-refractivity contribution in [2.24, 2.45) is 0 Å². The average Bonchev–Trinajstić information content (AvgIpc) is 2.32. The summed E-state index contributed by atoms with van der Waals surface area (Å²) in [5, 5.41) is 15.4. The van der Waals surface area contributed by atoms with Crippen molar-refractivity contribution in [1.29, 1.82) is 0 Å². The Kier molecular flexibility index (Phi) is 7.44. The van der Waals surface area contributed by atoms with Gasteiger partial charge in [-0.15, -0.1) is 0 Å². The first-order valence-electron chi connectivity index (χ1n) is 6.45. The van der Waals surface area contributed by atoms with Crippen LogP contribution in [0.5, 0.6) is 0 Å². The Morgan fingerprint density at radius 3 is 2.82 bits per heavy atom. The molecular formula is C12H24N2O2S. The van der Waals surface area contributed by atoms with E-state index in [0.29, 0.717) is 0 Å². The predicted molar refractivity (Wildman–Crippen MR) is 72.4 cm³/mol. The molecule has 0 aliphatic heterocycles. The number of nitrogens with one attached hydrogen (secondary N) is 2. The Labute approximate surface area is 108 Å². The lowest BCUT2D eigenvalue weighted by Crippen LogP contribution is -2.49. The fourth-order valence-corrected chi connectivity index (χ4v) is 2.57. The van der Waals surface area contributed by atoms with E-state index in [2.05, 4.69) is 16.9 Å². The molecule has 1 aliphatic rings. The van der Waals surface area contributed by atoms with E-state index >= 15 is 0 Å². The maximum Gasteiger partial charge on any atom is 0.315 e. The highest BCUT2D eigenvalue weighted by Crippen LogP contribution is 2.18. The molecular weight excluding hydrogens is 236 g/mol. The quantitative estimate of drug-likeness (QED) is 0.637. The normalized spacial score (nSPS) is 24.4. The Bertz CT molecular complexity index is 227. The number of amides is 2. The molecule has 3 N–H and O–H groups in total. The molecule has 2 amide bonds. The SMILES string of the molecule is CSCCCCNC(=O)NC1CCCCC1O. The maximum absolute atomic E-state index is 11.6. The first kappa shape index (κ1) is 14.6. The second-order valence-corrected chi connectivity index (χ2v) is 5.54. The molecule has 0 radical (unpaired) electrons. The molecule has 100 valence electrons. The fourth-order valence-electron chi connectivity index (χ4n) is 2.07. The number of unbranched alkanes of at least 4 members (excludes halogenated alkanes) is 1. The number of aliphatic hydroxyl groups is 1. The van der Waals surface area contributed by atoms with Crippen molar-refractivity contribution in [3.63, 3.8) is 0 Å². The second-order valence-electron chi connectivity index (χ2n) is 4.56. The van der Waals surface area contributed by atoms with Gasteiger partial charge in [-0.25, -0.2) is 4.79 Å². The minimum atomic E-state index is -0.369. The molecule has 2 atom stereocenters. The van der Waals surface area contributed by atoms with E-state index in [1.165, 1.54) is 0 Å². The van der Waals surface area contributed by atoms with Crippen molar-refractivity contribution in [3.05, 3.63) is 0 Å². The van der Waals surface area contributed by atoms with Gasteiger partial charge in [0.05, 0.1) is 12.1 Å². The summed E-state index contributed by atoms with van der Waals surface area (Å²) in [6.07, 6.45) is 7.72. The summed E-state index contributed by atoms with van der Waals surface area (Å²) in [5.41, 5.74) is 0. The molecule has 17 heavy (non-hydrogen) atoms. The van der Waals surface area contributed by atoms with Crippen LogP contribution in [0.1, 0.15) is 38.5 Å². The maximum atomic E-state index is 11.6. The molecule has 5 heteroatoms. The van der Waals surface area contributed by atoms with Gasteiger partial charge in [0.15, 0.2) is 0 Å². The summed E-state index contributed by atoms with van der Waals surface area (Å²) in [7, 11) is 0. The van der Waals surface area contributed by atoms with Crippen LogP contribution >= 0.6 is 11.8 Å². The molecule has 1 saturated carbocycles. The standard InChI is InChI=1S/C12H24N2O2S/c1-17-9-5-4-8-13-12(16)14-10-6-2-3-7-11(10)15/h10-11,15H,2-9H2,1H3,(H2,13,14,16). The van der Waals surface area contributed by atoms with Crippen molar-refractivity contribution in [2.75, 3.05) is 18.6 Å². The Balaban J connectivity index is 2.07. The third-order valence-electron chi connectivity index (χ3n) is 3.11. The zero-order valence-corrected chi connectivity index (χ0v) is 11.4. The lowest BCUT2D eigenvalue weighted by atomic mass is 9.93. The lowest BCUT2D eigenvalue weighted by molar-refractivity contribution is 0.0943. The number of rotatable bonds is 6. The minimum absolute atomic E-state index is 0.0602. The number of urea groups is 1. The summed E-state index contributed by atoms with van der Waals surface area (Å²) in [4.78, 5) is 11.6. The highest BCUT2D eigenvalue weighted by atomic mass is 32.2. The number of hydrogen-bond donors (Lipinski definition) is 3. The number of thioether (sulfide) groups is 1. The lowest BCUT2D eigenvalue weighted by Gasteiger charge is -2.28. The molecule has 1 aliphatic carbocycles. The van der Waals surface area contributed by atoms with Gasteiger partial charge in [-0.2, -0.15) is 11.8 Å². The van der Waals surface area contributed by atoms with E-state index in [1.54, 1.807) is 0 Å². The average molecular weight is 260 g/mol. The molecule has 0 aromatic heterocycles. The van der Waals surface area contributed by atoms with Gasteiger partial charge in [0.2, 0.25) is 0 Å². The molecule has 1 rings (SSSR count). The van der Waals surface area contributed by atoms with Gasteiger partial charge in [-0.1, -0.05) is 12.8 Å². The summed E-state index contributed by atoms with van der Waals surface area (Å²) < 4.78 is 0. The summed E-state index contributed by atoms with van der Waals surface area (Å²) in [6.45, 7) is 0.717.